The fourth-order valence-electron chi connectivity index (χ4n) is 2.87. The Morgan fingerprint density at radius 2 is 1.46 bits per heavy atom. The Hall–Kier alpha value is -2.83. The van der Waals surface area contributed by atoms with Gasteiger partial charge in [-0.3, -0.25) is 9.52 Å². The smallest absolute Gasteiger partial charge is 0.261 e. The van der Waals surface area contributed by atoms with Gasteiger partial charge in [0.25, 0.3) is 10.0 Å². The first-order valence-corrected chi connectivity index (χ1v) is 13.9. The Kier molecular flexibility index (Phi) is 8.62. The van der Waals surface area contributed by atoms with E-state index < -0.39 is 20.0 Å². The monoisotopic (exact) mass is 557 g/mol. The van der Waals surface area contributed by atoms with E-state index in [1.807, 2.05) is 0 Å². The van der Waals surface area contributed by atoms with Gasteiger partial charge in [0, 0.05) is 22.8 Å². The summed E-state index contributed by atoms with van der Waals surface area (Å²) in [6, 6.07) is 15.4. The zero-order valence-electron chi connectivity index (χ0n) is 18.1. The number of sulfonamides is 2. The van der Waals surface area contributed by atoms with Crippen molar-refractivity contribution in [1.82, 2.24) is 0 Å². The average molecular weight is 558 g/mol. The molecule has 0 atom stereocenters. The molecule has 9 nitrogen and oxygen atoms in total. The summed E-state index contributed by atoms with van der Waals surface area (Å²) in [7, 11) is -7.82. The minimum Gasteiger partial charge on any atom is -0.492 e. The third-order valence-corrected chi connectivity index (χ3v) is 7.44. The van der Waals surface area contributed by atoms with Gasteiger partial charge in [-0.25, -0.2) is 22.0 Å². The molecule has 0 radical (unpaired) electrons. The first kappa shape index (κ1) is 26.8. The highest BCUT2D eigenvalue weighted by molar-refractivity contribution is 7.92. The number of rotatable bonds is 10. The second-order valence-electron chi connectivity index (χ2n) is 7.27. The topological polar surface area (TPSA) is 145 Å². The highest BCUT2D eigenvalue weighted by Crippen LogP contribution is 2.27. The van der Waals surface area contributed by atoms with Crippen LogP contribution in [0.5, 0.6) is 5.75 Å². The first-order valence-electron chi connectivity index (χ1n) is 10.1. The molecule has 3 rings (SSSR count). The molecule has 0 aliphatic heterocycles. The van der Waals surface area contributed by atoms with E-state index in [-0.39, 0.29) is 34.4 Å². The van der Waals surface area contributed by atoms with Crippen LogP contribution in [-0.2, 0) is 24.8 Å². The van der Waals surface area contributed by atoms with Crippen LogP contribution in [0.2, 0.25) is 10.0 Å². The summed E-state index contributed by atoms with van der Waals surface area (Å²) in [6.45, 7) is 0.274. The molecular weight excluding hydrogens is 537 g/mol. The SMILES string of the molecule is NS(=O)(=O)c1ccc(NS(=O)(=O)c2ccc(NC(=O)CCCOc3ccc(Cl)cc3Cl)cc2)cc1. The predicted molar refractivity (Wildman–Crippen MR) is 135 cm³/mol. The molecule has 13 heteroatoms. The second kappa shape index (κ2) is 11.3. The summed E-state index contributed by atoms with van der Waals surface area (Å²) in [6.07, 6.45) is 0.618. The van der Waals surface area contributed by atoms with Crippen molar-refractivity contribution < 1.29 is 26.4 Å². The van der Waals surface area contributed by atoms with E-state index in [0.29, 0.717) is 27.9 Å². The maximum Gasteiger partial charge on any atom is 0.261 e. The molecule has 0 heterocycles. The van der Waals surface area contributed by atoms with E-state index in [0.717, 1.165) is 0 Å². The van der Waals surface area contributed by atoms with Crippen LogP contribution in [0.3, 0.4) is 0 Å². The standard InChI is InChI=1S/C22H21Cl2N3O6S2/c23-15-3-12-21(20(24)14-15)33-13-1-2-22(28)26-16-4-10-19(11-5-16)35(31,32)27-17-6-8-18(9-7-17)34(25,29)30/h3-12,14,27H,1-2,13H2,(H,26,28)(H2,25,29,30). The van der Waals surface area contributed by atoms with E-state index in [4.69, 9.17) is 33.1 Å². The quantitative estimate of drug-likeness (QED) is 0.318. The molecule has 3 aromatic carbocycles. The Bertz CT molecular complexity index is 1410. The summed E-state index contributed by atoms with van der Waals surface area (Å²) < 4.78 is 55.7. The summed E-state index contributed by atoms with van der Waals surface area (Å²) in [4.78, 5) is 12.0. The fraction of sp³-hybridized carbons (Fsp3) is 0.136. The summed E-state index contributed by atoms with van der Waals surface area (Å²) >= 11 is 11.9. The minimum absolute atomic E-state index is 0.0423. The molecule has 0 aliphatic carbocycles. The van der Waals surface area contributed by atoms with E-state index in [1.165, 1.54) is 48.5 Å². The van der Waals surface area contributed by atoms with E-state index in [9.17, 15) is 21.6 Å². The van der Waals surface area contributed by atoms with Crippen molar-refractivity contribution in [2.75, 3.05) is 16.6 Å². The summed E-state index contributed by atoms with van der Waals surface area (Å²) in [5.74, 6) is 0.210. The van der Waals surface area contributed by atoms with Crippen LogP contribution in [0.1, 0.15) is 12.8 Å². The molecule has 186 valence electrons. The lowest BCUT2D eigenvalue weighted by atomic mass is 10.2. The van der Waals surface area contributed by atoms with Crippen LogP contribution in [0.15, 0.2) is 76.5 Å². The number of benzene rings is 3. The molecule has 0 unspecified atom stereocenters. The van der Waals surface area contributed by atoms with E-state index >= 15 is 0 Å². The molecule has 0 fully saturated rings. The Labute approximate surface area is 213 Å². The Morgan fingerprint density at radius 1 is 0.857 bits per heavy atom. The Balaban J connectivity index is 1.50. The second-order valence-corrected chi connectivity index (χ2v) is 11.4. The van der Waals surface area contributed by atoms with Gasteiger partial charge in [0.05, 0.1) is 21.4 Å². The molecule has 4 N–H and O–H groups in total. The summed E-state index contributed by atoms with van der Waals surface area (Å²) in [5.41, 5.74) is 0.588. The van der Waals surface area contributed by atoms with Gasteiger partial charge in [0.2, 0.25) is 15.9 Å². The maximum absolute atomic E-state index is 12.6. The number of carbonyl (C=O) groups is 1. The van der Waals surface area contributed by atoms with Crippen molar-refractivity contribution in [2.24, 2.45) is 5.14 Å². The van der Waals surface area contributed by atoms with Crippen molar-refractivity contribution in [3.05, 3.63) is 76.8 Å². The molecule has 0 bridgehead atoms. The number of ether oxygens (including phenoxy) is 1. The van der Waals surface area contributed by atoms with Gasteiger partial charge >= 0.3 is 0 Å². The average Bonchev–Trinajstić information content (AvgIpc) is 2.78. The number of nitrogens with two attached hydrogens (primary N) is 1. The molecule has 1 amide bonds. The van der Waals surface area contributed by atoms with Crippen LogP contribution in [0.25, 0.3) is 0 Å². The van der Waals surface area contributed by atoms with Gasteiger partial charge in [-0.1, -0.05) is 23.2 Å². The van der Waals surface area contributed by atoms with Crippen molar-refractivity contribution in [1.29, 1.82) is 0 Å². The normalized spacial score (nSPS) is 11.6. The zero-order chi connectivity index (χ0) is 25.6. The number of halogens is 2. The number of nitrogens with one attached hydrogen (secondary N) is 2. The van der Waals surface area contributed by atoms with Crippen molar-refractivity contribution in [2.45, 2.75) is 22.6 Å². The highest BCUT2D eigenvalue weighted by atomic mass is 35.5. The lowest BCUT2D eigenvalue weighted by Gasteiger charge is -2.10. The lowest BCUT2D eigenvalue weighted by molar-refractivity contribution is -0.116. The third kappa shape index (κ3) is 7.84. The largest absolute Gasteiger partial charge is 0.492 e. The number of anilines is 2. The van der Waals surface area contributed by atoms with E-state index in [2.05, 4.69) is 10.0 Å². The fourth-order valence-corrected chi connectivity index (χ4v) is 4.91. The Morgan fingerprint density at radius 3 is 2.06 bits per heavy atom. The number of carbonyl (C=O) groups excluding carboxylic acids is 1. The highest BCUT2D eigenvalue weighted by Gasteiger charge is 2.15. The molecular formula is C22H21Cl2N3O6S2. The van der Waals surface area contributed by atoms with Gasteiger partial charge in [-0.15, -0.1) is 0 Å². The molecule has 0 aliphatic rings. The van der Waals surface area contributed by atoms with Crippen LogP contribution < -0.4 is 19.9 Å². The molecule has 0 saturated carbocycles. The summed E-state index contributed by atoms with van der Waals surface area (Å²) in [5, 5.41) is 8.59. The molecule has 0 saturated heterocycles. The molecule has 0 aromatic heterocycles. The molecule has 35 heavy (non-hydrogen) atoms. The van der Waals surface area contributed by atoms with Gasteiger partial charge in [0.15, 0.2) is 0 Å². The number of hydrogen-bond acceptors (Lipinski definition) is 6. The van der Waals surface area contributed by atoms with Gasteiger partial charge in [-0.2, -0.15) is 0 Å². The van der Waals surface area contributed by atoms with Crippen LogP contribution >= 0.6 is 23.2 Å². The van der Waals surface area contributed by atoms with Crippen molar-refractivity contribution in [3.8, 4) is 5.75 Å². The van der Waals surface area contributed by atoms with Gasteiger partial charge < -0.3 is 10.1 Å². The van der Waals surface area contributed by atoms with Crippen molar-refractivity contribution in [3.63, 3.8) is 0 Å². The van der Waals surface area contributed by atoms with Gasteiger partial charge in [-0.05, 0) is 73.2 Å². The van der Waals surface area contributed by atoms with Crippen LogP contribution in [0, 0.1) is 0 Å². The van der Waals surface area contributed by atoms with Crippen molar-refractivity contribution >= 4 is 60.5 Å². The number of amides is 1. The number of hydrogen-bond donors (Lipinski definition) is 3. The lowest BCUT2D eigenvalue weighted by Crippen LogP contribution is -2.15. The zero-order valence-corrected chi connectivity index (χ0v) is 21.2. The third-order valence-electron chi connectivity index (χ3n) is 4.58. The first-order chi connectivity index (χ1) is 16.4. The van der Waals surface area contributed by atoms with Crippen LogP contribution in [-0.4, -0.2) is 29.3 Å². The number of primary sulfonamides is 1. The maximum atomic E-state index is 12.6. The minimum atomic E-state index is -3.94. The molecule has 0 spiro atoms. The predicted octanol–water partition coefficient (Wildman–Crippen LogP) is 4.24. The van der Waals surface area contributed by atoms with Crippen LogP contribution in [0.4, 0.5) is 11.4 Å². The molecule has 3 aromatic rings. The van der Waals surface area contributed by atoms with E-state index in [1.54, 1.807) is 18.2 Å². The van der Waals surface area contributed by atoms with Gasteiger partial charge in [0.1, 0.15) is 5.75 Å².